The van der Waals surface area contributed by atoms with Crippen molar-refractivity contribution in [3.05, 3.63) is 47.3 Å². The van der Waals surface area contributed by atoms with Gasteiger partial charge in [0.25, 0.3) is 5.78 Å². The summed E-state index contributed by atoms with van der Waals surface area (Å²) in [5, 5.41) is 7.81. The van der Waals surface area contributed by atoms with Crippen molar-refractivity contribution in [2.45, 2.75) is 38.4 Å². The number of hydrogen-bond donors (Lipinski definition) is 1. The van der Waals surface area contributed by atoms with Gasteiger partial charge in [-0.05, 0) is 43.5 Å². The van der Waals surface area contributed by atoms with Crippen LogP contribution in [-0.4, -0.2) is 39.9 Å². The molecule has 0 saturated carbocycles. The van der Waals surface area contributed by atoms with Gasteiger partial charge in [0, 0.05) is 25.7 Å². The Morgan fingerprint density at radius 2 is 2.00 bits per heavy atom. The lowest BCUT2D eigenvalue weighted by Gasteiger charge is -2.23. The molecule has 1 unspecified atom stereocenters. The first kappa shape index (κ1) is 18.6. The van der Waals surface area contributed by atoms with E-state index in [4.69, 9.17) is 9.47 Å². The summed E-state index contributed by atoms with van der Waals surface area (Å²) in [4.78, 5) is 8.82. The van der Waals surface area contributed by atoms with Crippen molar-refractivity contribution in [2.75, 3.05) is 25.6 Å². The van der Waals surface area contributed by atoms with Crippen molar-refractivity contribution < 1.29 is 13.9 Å². The fraction of sp³-hybridized carbons (Fsp3) is 0.450. The number of benzene rings is 1. The lowest BCUT2D eigenvalue weighted by atomic mass is 9.95. The lowest BCUT2D eigenvalue weighted by molar-refractivity contribution is 0.0840. The minimum Gasteiger partial charge on any atom is -0.497 e. The zero-order chi connectivity index (χ0) is 19.5. The van der Waals surface area contributed by atoms with Gasteiger partial charge in [0.15, 0.2) is 0 Å². The number of halogens is 1. The molecule has 0 aliphatic carbocycles. The van der Waals surface area contributed by atoms with Gasteiger partial charge in [-0.1, -0.05) is 12.1 Å². The van der Waals surface area contributed by atoms with Gasteiger partial charge in [-0.15, -0.1) is 5.10 Å². The molecule has 0 bridgehead atoms. The highest BCUT2D eigenvalue weighted by molar-refractivity contribution is 5.41. The molecule has 0 spiro atoms. The second-order valence-electron chi connectivity index (χ2n) is 6.96. The first-order valence-corrected chi connectivity index (χ1v) is 9.50. The van der Waals surface area contributed by atoms with E-state index in [1.54, 1.807) is 11.6 Å². The number of ether oxygens (including phenoxy) is 2. The molecular formula is C20H24FN5O2. The first-order chi connectivity index (χ1) is 13.6. The van der Waals surface area contributed by atoms with Crippen LogP contribution in [0.4, 0.5) is 10.3 Å². The Hall–Kier alpha value is -2.74. The predicted molar refractivity (Wildman–Crippen MR) is 103 cm³/mol. The largest absolute Gasteiger partial charge is 0.497 e. The standard InChI is InChI=1S/C20H24FN5O2/c1-13(21)17-11-18(15-7-9-28-10-8-15)26-20(23-17)24-19(25-26)22-12-14-3-5-16(27-2)6-4-14/h3-6,11,13,15H,7-10,12H2,1-2H3,(H,22,25). The van der Waals surface area contributed by atoms with E-state index < -0.39 is 6.17 Å². The van der Waals surface area contributed by atoms with Crippen LogP contribution in [0.25, 0.3) is 5.78 Å². The maximum Gasteiger partial charge on any atom is 0.254 e. The Morgan fingerprint density at radius 3 is 2.68 bits per heavy atom. The fourth-order valence-corrected chi connectivity index (χ4v) is 3.40. The monoisotopic (exact) mass is 385 g/mol. The molecule has 7 nitrogen and oxygen atoms in total. The maximum absolute atomic E-state index is 14.0. The number of alkyl halides is 1. The molecule has 1 saturated heterocycles. The number of hydrogen-bond acceptors (Lipinski definition) is 6. The number of anilines is 1. The minimum absolute atomic E-state index is 0.257. The topological polar surface area (TPSA) is 73.6 Å². The van der Waals surface area contributed by atoms with Gasteiger partial charge < -0.3 is 14.8 Å². The second kappa shape index (κ2) is 8.10. The molecule has 3 heterocycles. The highest BCUT2D eigenvalue weighted by atomic mass is 19.1. The molecule has 1 aliphatic rings. The molecule has 3 aromatic rings. The number of fused-ring (bicyclic) bond motifs is 1. The molecule has 1 fully saturated rings. The van der Waals surface area contributed by atoms with Crippen LogP contribution in [-0.2, 0) is 11.3 Å². The first-order valence-electron chi connectivity index (χ1n) is 9.50. The van der Waals surface area contributed by atoms with E-state index in [0.29, 0.717) is 37.2 Å². The third kappa shape index (κ3) is 3.91. The van der Waals surface area contributed by atoms with E-state index in [-0.39, 0.29) is 5.92 Å². The lowest BCUT2D eigenvalue weighted by Crippen LogP contribution is -2.18. The van der Waals surface area contributed by atoms with Crippen LogP contribution in [0.3, 0.4) is 0 Å². The molecule has 8 heteroatoms. The van der Waals surface area contributed by atoms with Crippen molar-refractivity contribution in [3.63, 3.8) is 0 Å². The molecule has 1 aromatic carbocycles. The van der Waals surface area contributed by atoms with Crippen LogP contribution in [0.15, 0.2) is 30.3 Å². The van der Waals surface area contributed by atoms with Gasteiger partial charge in [-0.25, -0.2) is 9.37 Å². The zero-order valence-corrected chi connectivity index (χ0v) is 16.1. The minimum atomic E-state index is -1.16. The van der Waals surface area contributed by atoms with Gasteiger partial charge in [0.1, 0.15) is 11.9 Å². The van der Waals surface area contributed by atoms with E-state index in [1.807, 2.05) is 30.3 Å². The highest BCUT2D eigenvalue weighted by Gasteiger charge is 2.23. The molecular weight excluding hydrogens is 361 g/mol. The van der Waals surface area contributed by atoms with E-state index in [2.05, 4.69) is 20.4 Å². The van der Waals surface area contributed by atoms with Crippen molar-refractivity contribution in [3.8, 4) is 5.75 Å². The van der Waals surface area contributed by atoms with Crippen molar-refractivity contribution in [1.29, 1.82) is 0 Å². The summed E-state index contributed by atoms with van der Waals surface area (Å²) in [7, 11) is 1.64. The average Bonchev–Trinajstić information content (AvgIpc) is 3.15. The quantitative estimate of drug-likeness (QED) is 0.698. The van der Waals surface area contributed by atoms with Crippen molar-refractivity contribution in [2.24, 2.45) is 0 Å². The number of methoxy groups -OCH3 is 1. The molecule has 28 heavy (non-hydrogen) atoms. The summed E-state index contributed by atoms with van der Waals surface area (Å²) in [6.07, 6.45) is 0.609. The Morgan fingerprint density at radius 1 is 1.25 bits per heavy atom. The summed E-state index contributed by atoms with van der Waals surface area (Å²) in [6.45, 7) is 3.46. The Kier molecular flexibility index (Phi) is 5.38. The predicted octanol–water partition coefficient (Wildman–Crippen LogP) is 3.67. The maximum atomic E-state index is 14.0. The van der Waals surface area contributed by atoms with Gasteiger partial charge in [-0.2, -0.15) is 9.50 Å². The van der Waals surface area contributed by atoms with E-state index in [0.717, 1.165) is 29.8 Å². The SMILES string of the molecule is COc1ccc(CNc2nc3nc(C(C)F)cc(C4CCOCC4)n3n2)cc1. The summed E-state index contributed by atoms with van der Waals surface area (Å²) in [5.41, 5.74) is 2.41. The van der Waals surface area contributed by atoms with E-state index >= 15 is 0 Å². The normalized spacial score (nSPS) is 16.2. The summed E-state index contributed by atoms with van der Waals surface area (Å²) in [6, 6.07) is 9.60. The van der Waals surface area contributed by atoms with E-state index in [1.165, 1.54) is 6.92 Å². The van der Waals surface area contributed by atoms with Gasteiger partial charge >= 0.3 is 0 Å². The zero-order valence-electron chi connectivity index (χ0n) is 16.1. The molecule has 1 atom stereocenters. The number of rotatable bonds is 6. The molecule has 0 amide bonds. The van der Waals surface area contributed by atoms with Crippen LogP contribution in [0, 0.1) is 0 Å². The van der Waals surface area contributed by atoms with Gasteiger partial charge in [0.05, 0.1) is 18.5 Å². The summed E-state index contributed by atoms with van der Waals surface area (Å²) in [5.74, 6) is 1.96. The van der Waals surface area contributed by atoms with Crippen LogP contribution < -0.4 is 10.1 Å². The molecule has 2 aromatic heterocycles. The van der Waals surface area contributed by atoms with Gasteiger partial charge in [0.2, 0.25) is 5.95 Å². The molecule has 1 aliphatic heterocycles. The third-order valence-corrected chi connectivity index (χ3v) is 5.02. The van der Waals surface area contributed by atoms with Crippen LogP contribution in [0.1, 0.15) is 48.8 Å². The summed E-state index contributed by atoms with van der Waals surface area (Å²) >= 11 is 0. The third-order valence-electron chi connectivity index (χ3n) is 5.02. The Bertz CT molecular complexity index is 936. The van der Waals surface area contributed by atoms with Gasteiger partial charge in [-0.3, -0.25) is 0 Å². The van der Waals surface area contributed by atoms with Crippen LogP contribution in [0.2, 0.25) is 0 Å². The Balaban J connectivity index is 1.60. The molecule has 0 radical (unpaired) electrons. The number of nitrogens with one attached hydrogen (secondary N) is 1. The molecule has 148 valence electrons. The molecule has 1 N–H and O–H groups in total. The molecule has 4 rings (SSSR count). The smallest absolute Gasteiger partial charge is 0.254 e. The highest BCUT2D eigenvalue weighted by Crippen LogP contribution is 2.29. The number of aromatic nitrogens is 4. The average molecular weight is 385 g/mol. The fourth-order valence-electron chi connectivity index (χ4n) is 3.40. The second-order valence-corrected chi connectivity index (χ2v) is 6.96. The van der Waals surface area contributed by atoms with Crippen molar-refractivity contribution in [1.82, 2.24) is 19.6 Å². The summed E-state index contributed by atoms with van der Waals surface area (Å²) < 4.78 is 26.4. The van der Waals surface area contributed by atoms with Crippen LogP contribution >= 0.6 is 0 Å². The van der Waals surface area contributed by atoms with Crippen molar-refractivity contribution >= 4 is 11.7 Å². The van der Waals surface area contributed by atoms with E-state index in [9.17, 15) is 4.39 Å². The Labute approximate surface area is 162 Å². The number of nitrogens with zero attached hydrogens (tertiary/aromatic N) is 4. The van der Waals surface area contributed by atoms with Crippen LogP contribution in [0.5, 0.6) is 5.75 Å².